The fraction of sp³-hybridized carbons (Fsp3) is 0.364. The molecule has 0 saturated heterocycles. The van der Waals surface area contributed by atoms with Crippen molar-refractivity contribution < 1.29 is 14.3 Å². The summed E-state index contributed by atoms with van der Waals surface area (Å²) in [5, 5.41) is 14.9. The van der Waals surface area contributed by atoms with E-state index in [-0.39, 0.29) is 23.3 Å². The van der Waals surface area contributed by atoms with E-state index in [2.05, 4.69) is 52.2 Å². The van der Waals surface area contributed by atoms with Gasteiger partial charge in [-0.25, -0.2) is 4.39 Å². The van der Waals surface area contributed by atoms with Crippen LogP contribution in [0.15, 0.2) is 66.7 Å². The van der Waals surface area contributed by atoms with Gasteiger partial charge >= 0.3 is 0 Å². The van der Waals surface area contributed by atoms with Crippen molar-refractivity contribution in [3.63, 3.8) is 0 Å². The smallest absolute Gasteiger partial charge is 0.176 e. The van der Waals surface area contributed by atoms with E-state index >= 15 is 0 Å². The highest BCUT2D eigenvalue weighted by Gasteiger charge is 2.30. The van der Waals surface area contributed by atoms with Crippen molar-refractivity contribution in [2.75, 3.05) is 7.05 Å². The predicted molar refractivity (Wildman–Crippen MR) is 169 cm³/mol. The Morgan fingerprint density at radius 2 is 1.77 bits per heavy atom. The van der Waals surface area contributed by atoms with Crippen molar-refractivity contribution in [2.24, 2.45) is 11.8 Å². The Morgan fingerprint density at radius 3 is 2.46 bits per heavy atom. The molecular formula is C33H35FINO2S. The Morgan fingerprint density at radius 1 is 1.05 bits per heavy atom. The number of rotatable bonds is 10. The predicted octanol–water partition coefficient (Wildman–Crippen LogP) is 8.95. The van der Waals surface area contributed by atoms with E-state index in [1.54, 1.807) is 6.07 Å². The molecule has 2 N–H and O–H groups in total. The number of carbonyl (C=O) groups is 1. The van der Waals surface area contributed by atoms with Crippen LogP contribution in [-0.2, 0) is 10.8 Å². The van der Waals surface area contributed by atoms with Crippen LogP contribution in [0.5, 0.6) is 5.75 Å². The van der Waals surface area contributed by atoms with E-state index in [0.717, 1.165) is 57.7 Å². The fourth-order valence-corrected chi connectivity index (χ4v) is 7.56. The molecule has 0 amide bonds. The lowest BCUT2D eigenvalue weighted by molar-refractivity contribution is 0.0923. The summed E-state index contributed by atoms with van der Waals surface area (Å²) in [6, 6.07) is 22.0. The van der Waals surface area contributed by atoms with Gasteiger partial charge in [0.2, 0.25) is 0 Å². The van der Waals surface area contributed by atoms with Gasteiger partial charge in [0.1, 0.15) is 16.4 Å². The average molecular weight is 656 g/mol. The summed E-state index contributed by atoms with van der Waals surface area (Å²) >= 11 is 3.73. The molecular weight excluding hydrogens is 620 g/mol. The number of hydrogen-bond acceptors (Lipinski definition) is 4. The Bertz CT molecular complexity index is 1430. The number of Topliss-reactive ketones (excluding diaryl/α,β-unsaturated/α-hetero) is 1. The zero-order chi connectivity index (χ0) is 27.4. The minimum Gasteiger partial charge on any atom is -0.506 e. The molecule has 1 aliphatic rings. The molecule has 1 saturated carbocycles. The minimum absolute atomic E-state index is 0.000912. The first kappa shape index (κ1) is 28.2. The molecule has 3 nitrogen and oxygen atoms in total. The van der Waals surface area contributed by atoms with Crippen LogP contribution in [0.3, 0.4) is 0 Å². The summed E-state index contributed by atoms with van der Waals surface area (Å²) in [7, 11) is 2.02. The number of alkyl halides is 1. The van der Waals surface area contributed by atoms with Crippen LogP contribution >= 0.6 is 33.9 Å². The van der Waals surface area contributed by atoms with E-state index in [0.29, 0.717) is 35.2 Å². The lowest BCUT2D eigenvalue weighted by Crippen LogP contribution is -2.33. The maximum Gasteiger partial charge on any atom is 0.176 e. The molecule has 1 atom stereocenters. The number of ketones is 1. The van der Waals surface area contributed by atoms with Crippen LogP contribution in [0, 0.1) is 17.7 Å². The molecule has 6 heteroatoms. The third-order valence-corrected chi connectivity index (χ3v) is 10.5. The van der Waals surface area contributed by atoms with E-state index in [9.17, 15) is 14.3 Å². The number of nitrogens with one attached hydrogen (secondary N) is 1. The number of aryl methyl sites for hydroxylation is 1. The summed E-state index contributed by atoms with van der Waals surface area (Å²) < 4.78 is 16.9. The first-order valence-electron chi connectivity index (χ1n) is 13.8. The summed E-state index contributed by atoms with van der Waals surface area (Å²) in [4.78, 5) is 14.0. The molecule has 1 fully saturated rings. The van der Waals surface area contributed by atoms with Gasteiger partial charge in [-0.3, -0.25) is 4.79 Å². The van der Waals surface area contributed by atoms with Crippen LogP contribution in [-0.4, -0.2) is 24.0 Å². The van der Waals surface area contributed by atoms with E-state index < -0.39 is 0 Å². The van der Waals surface area contributed by atoms with Gasteiger partial charge in [-0.2, -0.15) is 0 Å². The SMILES string of the molecule is CNC1CCC([C@H](CCc2cc(-c3ccc(CI)cc3)ccc2F)CC(=O)c2sc3ccccc3c2O)CC1. The summed E-state index contributed by atoms with van der Waals surface area (Å²) in [5.74, 6) is 0.478. The average Bonchev–Trinajstić information content (AvgIpc) is 3.32. The van der Waals surface area contributed by atoms with Gasteiger partial charge in [0.15, 0.2) is 5.78 Å². The Hall–Kier alpha value is -2.29. The quantitative estimate of drug-likeness (QED) is 0.102. The molecule has 1 aliphatic carbocycles. The molecule has 39 heavy (non-hydrogen) atoms. The number of benzene rings is 3. The van der Waals surface area contributed by atoms with Gasteiger partial charge < -0.3 is 10.4 Å². The molecule has 5 rings (SSSR count). The van der Waals surface area contributed by atoms with Gasteiger partial charge in [-0.1, -0.05) is 65.1 Å². The number of fused-ring (bicyclic) bond motifs is 1. The van der Waals surface area contributed by atoms with E-state index in [4.69, 9.17) is 0 Å². The van der Waals surface area contributed by atoms with Crippen molar-refractivity contribution in [2.45, 2.75) is 55.4 Å². The second kappa shape index (κ2) is 12.9. The van der Waals surface area contributed by atoms with Crippen molar-refractivity contribution in [1.29, 1.82) is 0 Å². The zero-order valence-electron chi connectivity index (χ0n) is 22.3. The highest BCUT2D eigenvalue weighted by atomic mass is 127. The Kier molecular flexibility index (Phi) is 9.36. The third kappa shape index (κ3) is 6.55. The molecule has 0 radical (unpaired) electrons. The lowest BCUT2D eigenvalue weighted by Gasteiger charge is -2.34. The molecule has 1 heterocycles. The Labute approximate surface area is 248 Å². The van der Waals surface area contributed by atoms with E-state index in [1.807, 2.05) is 43.4 Å². The van der Waals surface area contributed by atoms with Gasteiger partial charge in [0.25, 0.3) is 0 Å². The molecule has 4 aromatic rings. The topological polar surface area (TPSA) is 49.3 Å². The first-order chi connectivity index (χ1) is 19.0. The lowest BCUT2D eigenvalue weighted by atomic mass is 9.74. The monoisotopic (exact) mass is 655 g/mol. The number of halogens is 2. The Balaban J connectivity index is 1.35. The highest BCUT2D eigenvalue weighted by Crippen LogP contribution is 2.40. The molecule has 3 aromatic carbocycles. The van der Waals surface area contributed by atoms with Crippen molar-refractivity contribution >= 4 is 49.8 Å². The number of aromatic hydroxyl groups is 1. The van der Waals surface area contributed by atoms with Crippen molar-refractivity contribution in [3.8, 4) is 16.9 Å². The largest absolute Gasteiger partial charge is 0.506 e. The summed E-state index contributed by atoms with van der Waals surface area (Å²) in [5.41, 5.74) is 4.08. The normalized spacial score (nSPS) is 18.3. The van der Waals surface area contributed by atoms with Gasteiger partial charge in [0, 0.05) is 27.0 Å². The summed E-state index contributed by atoms with van der Waals surface area (Å²) in [6.07, 6.45) is 6.04. The van der Waals surface area contributed by atoms with Crippen LogP contribution in [0.2, 0.25) is 0 Å². The molecule has 0 aliphatic heterocycles. The maximum atomic E-state index is 15.0. The number of carbonyl (C=O) groups excluding carboxylic acids is 1. The molecule has 0 spiro atoms. The minimum atomic E-state index is -0.186. The molecule has 204 valence electrons. The van der Waals surface area contributed by atoms with Crippen LogP contribution in [0.4, 0.5) is 4.39 Å². The first-order valence-corrected chi connectivity index (χ1v) is 16.2. The number of thiophene rings is 1. The van der Waals surface area contributed by atoms with Crippen LogP contribution in [0.1, 0.15) is 59.3 Å². The fourth-order valence-electron chi connectivity index (χ4n) is 6.01. The number of hydrogen-bond donors (Lipinski definition) is 2. The third-order valence-electron chi connectivity index (χ3n) is 8.39. The molecule has 0 unspecified atom stereocenters. The van der Waals surface area contributed by atoms with Crippen molar-refractivity contribution in [3.05, 3.63) is 88.6 Å². The van der Waals surface area contributed by atoms with Gasteiger partial charge in [0.05, 0.1) is 0 Å². The molecule has 1 aromatic heterocycles. The van der Waals surface area contributed by atoms with Crippen LogP contribution in [0.25, 0.3) is 21.2 Å². The van der Waals surface area contributed by atoms with Crippen LogP contribution < -0.4 is 5.32 Å². The van der Waals surface area contributed by atoms with Crippen molar-refractivity contribution in [1.82, 2.24) is 5.32 Å². The molecule has 0 bridgehead atoms. The van der Waals surface area contributed by atoms with Gasteiger partial charge in [-0.15, -0.1) is 11.3 Å². The second-order valence-electron chi connectivity index (χ2n) is 10.7. The summed E-state index contributed by atoms with van der Waals surface area (Å²) in [6.45, 7) is 0. The standard InChI is InChI=1S/C33H35FINO2S/c1-36-27-15-12-23(13-16-27)25(19-30(37)33-32(38)28-4-2-3-5-31(28)39-33)10-11-26-18-24(14-17-29(26)34)22-8-6-21(20-35)7-9-22/h2-9,14,17-18,23,25,27,36,38H,10-13,15-16,19-20H2,1H3/t23?,25-,27?/m1/s1. The zero-order valence-corrected chi connectivity index (χ0v) is 25.2. The highest BCUT2D eigenvalue weighted by molar-refractivity contribution is 14.1. The van der Waals surface area contributed by atoms with Gasteiger partial charge in [-0.05, 0) is 104 Å². The maximum absolute atomic E-state index is 15.0. The van der Waals surface area contributed by atoms with E-state index in [1.165, 1.54) is 16.9 Å². The second-order valence-corrected chi connectivity index (χ2v) is 12.6.